The highest BCUT2D eigenvalue weighted by molar-refractivity contribution is 5.90. The molecule has 1 unspecified atom stereocenters. The van der Waals surface area contributed by atoms with E-state index >= 15 is 0 Å². The summed E-state index contributed by atoms with van der Waals surface area (Å²) in [5.74, 6) is 0.667. The summed E-state index contributed by atoms with van der Waals surface area (Å²) in [6.45, 7) is 4.77. The Labute approximate surface area is 97.7 Å². The van der Waals surface area contributed by atoms with Crippen LogP contribution in [0.15, 0.2) is 5.10 Å². The zero-order valence-corrected chi connectivity index (χ0v) is 10.4. The summed E-state index contributed by atoms with van der Waals surface area (Å²) in [4.78, 5) is 4.88. The van der Waals surface area contributed by atoms with Crippen molar-refractivity contribution < 1.29 is 0 Å². The van der Waals surface area contributed by atoms with Crippen LogP contribution in [-0.4, -0.2) is 61.3 Å². The fourth-order valence-corrected chi connectivity index (χ4v) is 3.35. The number of hydrogen-bond acceptors (Lipinski definition) is 4. The van der Waals surface area contributed by atoms with Crippen molar-refractivity contribution in [3.8, 4) is 0 Å². The van der Waals surface area contributed by atoms with Crippen molar-refractivity contribution in [2.75, 3.05) is 40.3 Å². The van der Waals surface area contributed by atoms with E-state index in [2.05, 4.69) is 34.4 Å². The molecule has 0 radical (unpaired) electrons. The summed E-state index contributed by atoms with van der Waals surface area (Å²) in [6.07, 6.45) is 3.65. The Kier molecular flexibility index (Phi) is 2.44. The van der Waals surface area contributed by atoms with Crippen molar-refractivity contribution in [1.29, 1.82) is 0 Å². The Morgan fingerprint density at radius 3 is 2.69 bits per heavy atom. The van der Waals surface area contributed by atoms with E-state index in [1.807, 2.05) is 0 Å². The lowest BCUT2D eigenvalue weighted by Gasteiger charge is -2.44. The van der Waals surface area contributed by atoms with Gasteiger partial charge in [0.15, 0.2) is 0 Å². The van der Waals surface area contributed by atoms with E-state index in [0.717, 1.165) is 6.42 Å². The molecule has 0 aliphatic carbocycles. The molecular formula is C12H22N4. The number of hydrogen-bond donors (Lipinski definition) is 1. The monoisotopic (exact) mass is 222 g/mol. The molecule has 2 fully saturated rings. The quantitative estimate of drug-likeness (QED) is 0.642. The van der Waals surface area contributed by atoms with Crippen molar-refractivity contribution in [3.05, 3.63) is 0 Å². The topological polar surface area (TPSA) is 30.9 Å². The number of likely N-dealkylation sites (tertiary alicyclic amines) is 2. The summed E-state index contributed by atoms with van der Waals surface area (Å²) in [7, 11) is 4.45. The van der Waals surface area contributed by atoms with Gasteiger partial charge in [-0.3, -0.25) is 0 Å². The van der Waals surface area contributed by atoms with Gasteiger partial charge < -0.3 is 15.2 Å². The van der Waals surface area contributed by atoms with Crippen LogP contribution in [0.3, 0.4) is 0 Å². The average Bonchev–Trinajstić information content (AvgIpc) is 2.62. The van der Waals surface area contributed by atoms with Crippen molar-refractivity contribution in [2.45, 2.75) is 24.8 Å². The van der Waals surface area contributed by atoms with Gasteiger partial charge in [0.05, 0.1) is 5.54 Å². The van der Waals surface area contributed by atoms with Crippen molar-refractivity contribution in [3.63, 3.8) is 0 Å². The summed E-state index contributed by atoms with van der Waals surface area (Å²) in [5.41, 5.74) is 5.21. The number of nitrogens with zero attached hydrogens (tertiary/aromatic N) is 3. The first-order valence-electron chi connectivity index (χ1n) is 6.40. The molecule has 4 heteroatoms. The van der Waals surface area contributed by atoms with Crippen molar-refractivity contribution in [1.82, 2.24) is 15.2 Å². The smallest absolute Gasteiger partial charge is 0.0666 e. The molecule has 3 heterocycles. The minimum Gasteiger partial charge on any atom is -0.306 e. The van der Waals surface area contributed by atoms with Gasteiger partial charge in [-0.2, -0.15) is 5.10 Å². The number of hydrazone groups is 1. The SMILES string of the molecule is CN1CCC2(CC1)NN=C1CCN(C)CC12. The van der Waals surface area contributed by atoms with E-state index in [4.69, 9.17) is 0 Å². The molecule has 0 aromatic heterocycles. The maximum atomic E-state index is 4.62. The third-order valence-electron chi connectivity index (χ3n) is 4.61. The van der Waals surface area contributed by atoms with Crippen LogP contribution in [0.5, 0.6) is 0 Å². The molecule has 1 N–H and O–H groups in total. The molecule has 1 spiro atoms. The van der Waals surface area contributed by atoms with E-state index in [0.29, 0.717) is 5.92 Å². The number of nitrogens with one attached hydrogen (secondary N) is 1. The van der Waals surface area contributed by atoms with Gasteiger partial charge in [0.25, 0.3) is 0 Å². The summed E-state index contributed by atoms with van der Waals surface area (Å²) in [6, 6.07) is 0. The largest absolute Gasteiger partial charge is 0.306 e. The van der Waals surface area contributed by atoms with Crippen LogP contribution in [0.1, 0.15) is 19.3 Å². The first-order chi connectivity index (χ1) is 7.70. The molecule has 0 saturated carbocycles. The third kappa shape index (κ3) is 1.55. The van der Waals surface area contributed by atoms with E-state index in [1.165, 1.54) is 44.7 Å². The first-order valence-corrected chi connectivity index (χ1v) is 6.40. The molecule has 3 rings (SSSR count). The number of fused-ring (bicyclic) bond motifs is 2. The maximum Gasteiger partial charge on any atom is 0.0666 e. The van der Waals surface area contributed by atoms with Crippen LogP contribution in [0.4, 0.5) is 0 Å². The molecule has 90 valence electrons. The van der Waals surface area contributed by atoms with Crippen LogP contribution in [-0.2, 0) is 0 Å². The minimum absolute atomic E-state index is 0.288. The van der Waals surface area contributed by atoms with Crippen LogP contribution in [0.2, 0.25) is 0 Å². The Morgan fingerprint density at radius 2 is 1.94 bits per heavy atom. The maximum absolute atomic E-state index is 4.62. The summed E-state index contributed by atoms with van der Waals surface area (Å²) in [5, 5.41) is 4.62. The van der Waals surface area contributed by atoms with Gasteiger partial charge in [-0.25, -0.2) is 0 Å². The second-order valence-electron chi connectivity index (χ2n) is 5.74. The number of rotatable bonds is 0. The fraction of sp³-hybridized carbons (Fsp3) is 0.917. The van der Waals surface area contributed by atoms with E-state index in [1.54, 1.807) is 0 Å². The molecule has 3 aliphatic rings. The highest BCUT2D eigenvalue weighted by atomic mass is 15.4. The van der Waals surface area contributed by atoms with Crippen LogP contribution >= 0.6 is 0 Å². The molecular weight excluding hydrogens is 200 g/mol. The lowest BCUT2D eigenvalue weighted by atomic mass is 9.73. The van der Waals surface area contributed by atoms with Gasteiger partial charge >= 0.3 is 0 Å². The molecule has 0 amide bonds. The Balaban J connectivity index is 1.78. The van der Waals surface area contributed by atoms with E-state index in [9.17, 15) is 0 Å². The molecule has 4 nitrogen and oxygen atoms in total. The zero-order chi connectivity index (χ0) is 11.2. The highest BCUT2D eigenvalue weighted by Crippen LogP contribution is 2.37. The Morgan fingerprint density at radius 1 is 1.19 bits per heavy atom. The number of piperidine rings is 2. The van der Waals surface area contributed by atoms with Crippen molar-refractivity contribution in [2.24, 2.45) is 11.0 Å². The van der Waals surface area contributed by atoms with Crippen molar-refractivity contribution >= 4 is 5.71 Å². The normalized spacial score (nSPS) is 34.6. The predicted octanol–water partition coefficient (Wildman–Crippen LogP) is 0.362. The molecule has 0 aromatic carbocycles. The van der Waals surface area contributed by atoms with E-state index < -0.39 is 0 Å². The molecule has 3 aliphatic heterocycles. The van der Waals surface area contributed by atoms with Crippen LogP contribution in [0, 0.1) is 5.92 Å². The first kappa shape index (κ1) is 10.5. The average molecular weight is 222 g/mol. The Hall–Kier alpha value is -0.610. The van der Waals surface area contributed by atoms with Crippen LogP contribution in [0.25, 0.3) is 0 Å². The molecule has 1 atom stereocenters. The van der Waals surface area contributed by atoms with Gasteiger partial charge in [0, 0.05) is 44.2 Å². The highest BCUT2D eigenvalue weighted by Gasteiger charge is 2.48. The predicted molar refractivity (Wildman–Crippen MR) is 65.6 cm³/mol. The van der Waals surface area contributed by atoms with Gasteiger partial charge in [-0.1, -0.05) is 0 Å². The van der Waals surface area contributed by atoms with Crippen LogP contribution < -0.4 is 5.43 Å². The molecule has 2 saturated heterocycles. The molecule has 0 aromatic rings. The zero-order valence-electron chi connectivity index (χ0n) is 10.4. The standard InChI is InChI=1S/C12H22N4/c1-15-7-4-12(5-8-15)10-9-16(2)6-3-11(10)13-14-12/h10,14H,3-9H2,1-2H3. The van der Waals surface area contributed by atoms with E-state index in [-0.39, 0.29) is 5.54 Å². The van der Waals surface area contributed by atoms with Gasteiger partial charge in [0.2, 0.25) is 0 Å². The van der Waals surface area contributed by atoms with Gasteiger partial charge in [0.1, 0.15) is 0 Å². The summed E-state index contributed by atoms with van der Waals surface area (Å²) >= 11 is 0. The fourth-order valence-electron chi connectivity index (χ4n) is 3.35. The molecule has 0 bridgehead atoms. The third-order valence-corrected chi connectivity index (χ3v) is 4.61. The van der Waals surface area contributed by atoms with Gasteiger partial charge in [-0.05, 0) is 26.9 Å². The molecule has 16 heavy (non-hydrogen) atoms. The summed E-state index contributed by atoms with van der Waals surface area (Å²) < 4.78 is 0. The second-order valence-corrected chi connectivity index (χ2v) is 5.74. The second kappa shape index (κ2) is 3.70. The minimum atomic E-state index is 0.288. The lowest BCUT2D eigenvalue weighted by Crippen LogP contribution is -2.57. The Bertz CT molecular complexity index is 304. The van der Waals surface area contributed by atoms with Gasteiger partial charge in [-0.15, -0.1) is 0 Å². The lowest BCUT2D eigenvalue weighted by molar-refractivity contribution is 0.118.